The average Bonchev–Trinajstić information content (AvgIpc) is 3.45. The van der Waals surface area contributed by atoms with E-state index in [1.54, 1.807) is 13.8 Å². The molecule has 18 N–H and O–H groups in total. The Morgan fingerprint density at radius 1 is 0.367 bits per heavy atom. The van der Waals surface area contributed by atoms with E-state index in [1.165, 1.54) is 27.7 Å². The summed E-state index contributed by atoms with van der Waals surface area (Å²) in [6.45, 7) is 2.39. The molecule has 0 bridgehead atoms. The van der Waals surface area contributed by atoms with Crippen molar-refractivity contribution in [3.05, 3.63) is 0 Å². The van der Waals surface area contributed by atoms with Crippen molar-refractivity contribution in [1.82, 2.24) is 0 Å². The van der Waals surface area contributed by atoms with Gasteiger partial charge in [-0.1, -0.05) is 27.7 Å². The van der Waals surface area contributed by atoms with Crippen LogP contribution in [0.2, 0.25) is 0 Å². The average molecular weight is 1160 g/mol. The highest BCUT2D eigenvalue weighted by molar-refractivity contribution is 4.97. The highest BCUT2D eigenvalue weighted by atomic mass is 16.8. The molecule has 13 unspecified atom stereocenters. The predicted octanol–water partition coefficient (Wildman–Crippen LogP) is -9.47. The molecule has 6 saturated heterocycles. The van der Waals surface area contributed by atoms with Gasteiger partial charge in [0.25, 0.3) is 0 Å². The van der Waals surface area contributed by atoms with E-state index in [2.05, 4.69) is 0 Å². The Hall–Kier alpha value is -1.24. The molecule has 6 aliphatic heterocycles. The molecule has 6 aliphatic rings. The second kappa shape index (κ2) is 29.7. The third-order valence-corrected chi connectivity index (χ3v) is 15.9. The Morgan fingerprint density at radius 2 is 0.709 bits per heavy atom. The molecular weight excluding hydrogens is 1070 g/mol. The van der Waals surface area contributed by atoms with Crippen molar-refractivity contribution in [2.75, 3.05) is 52.9 Å². The van der Waals surface area contributed by atoms with Gasteiger partial charge in [-0.25, -0.2) is 0 Å². The summed E-state index contributed by atoms with van der Waals surface area (Å²) in [5.74, 6) is -3.57. The van der Waals surface area contributed by atoms with E-state index in [9.17, 15) is 91.9 Å². The zero-order valence-corrected chi connectivity index (χ0v) is 44.6. The summed E-state index contributed by atoms with van der Waals surface area (Å²) in [5.41, 5.74) is 0. The summed E-state index contributed by atoms with van der Waals surface area (Å²) in [5, 5.41) is 194. The third kappa shape index (κ3) is 15.1. The van der Waals surface area contributed by atoms with Crippen LogP contribution in [0.25, 0.3) is 0 Å². The second-order valence-electron chi connectivity index (χ2n) is 21.5. The summed E-state index contributed by atoms with van der Waals surface area (Å²) in [6, 6.07) is 0. The lowest BCUT2D eigenvalue weighted by molar-refractivity contribution is -0.370. The van der Waals surface area contributed by atoms with Gasteiger partial charge in [0.1, 0.15) is 116 Å². The van der Waals surface area contributed by atoms with E-state index in [4.69, 9.17) is 61.6 Å². The first kappa shape index (κ1) is 66.9. The maximum Gasteiger partial charge on any atom is 0.187 e. The topological polar surface area (TPSA) is 484 Å². The van der Waals surface area contributed by atoms with Crippen LogP contribution in [-0.2, 0) is 61.6 Å². The molecule has 0 radical (unpaired) electrons. The van der Waals surface area contributed by atoms with Gasteiger partial charge in [0, 0.05) is 23.7 Å². The van der Waals surface area contributed by atoms with Crippen LogP contribution in [-0.4, -0.2) is 329 Å². The molecule has 6 rings (SSSR count). The molecule has 34 atom stereocenters. The molecule has 464 valence electrons. The van der Waals surface area contributed by atoms with Crippen molar-refractivity contribution in [3.63, 3.8) is 0 Å². The number of ether oxygens (including phenoxy) is 13. The smallest absolute Gasteiger partial charge is 0.187 e. The van der Waals surface area contributed by atoms with E-state index < -0.39 is 261 Å². The van der Waals surface area contributed by atoms with Crippen LogP contribution in [0.5, 0.6) is 0 Å². The molecule has 0 aromatic rings. The summed E-state index contributed by atoms with van der Waals surface area (Å²) in [7, 11) is 0. The number of aliphatic hydroxyl groups excluding tert-OH is 18. The monoisotopic (exact) mass is 1160 g/mol. The Morgan fingerprint density at radius 3 is 1.13 bits per heavy atom. The van der Waals surface area contributed by atoms with Crippen LogP contribution in [0, 0.1) is 23.7 Å². The van der Waals surface area contributed by atoms with Crippen molar-refractivity contribution >= 4 is 0 Å². The summed E-state index contributed by atoms with van der Waals surface area (Å²) in [4.78, 5) is 0. The molecule has 6 fully saturated rings. The lowest BCUT2D eigenvalue weighted by Gasteiger charge is -2.48. The minimum absolute atomic E-state index is 0.453. The maximum absolute atomic E-state index is 12.1. The molecule has 6 heterocycles. The fourth-order valence-electron chi connectivity index (χ4n) is 10.3. The van der Waals surface area contributed by atoms with Crippen molar-refractivity contribution in [3.8, 4) is 0 Å². The number of rotatable bonds is 24. The SMILES string of the molecule is CC1C(O)[C@H](O)[C@H](CO)O[C@H]1O[C@@H]1C(O)[C@H](O)C(CO)O[C@@H]1OCC(O[C@@H](O[C@@H]1C(CO)O[C@@H](O[C@@H]2C(CO)O[C@@H](C)[C@@H](C)C2O)[C@@H](C)C1O)[C@@H](C)O)[C@@H](O)CO[C@H]1O[C@H](CO)[C@@H](O)C(O)C1O[C@@H]1OC(CO)[C@@H](O)C(O)[C@@H]1C. The molecule has 0 aromatic carbocycles. The third-order valence-electron chi connectivity index (χ3n) is 15.9. The lowest BCUT2D eigenvalue weighted by atomic mass is 9.88. The van der Waals surface area contributed by atoms with E-state index in [-0.39, 0.29) is 0 Å². The molecule has 0 spiro atoms. The Labute approximate surface area is 455 Å². The van der Waals surface area contributed by atoms with Crippen molar-refractivity contribution in [1.29, 1.82) is 0 Å². The molecule has 0 saturated carbocycles. The lowest BCUT2D eigenvalue weighted by Crippen LogP contribution is -2.63. The van der Waals surface area contributed by atoms with Gasteiger partial charge in [0.05, 0.1) is 83.4 Å². The van der Waals surface area contributed by atoms with E-state index in [0.29, 0.717) is 0 Å². The number of hydrogen-bond donors (Lipinski definition) is 18. The first-order chi connectivity index (χ1) is 37.4. The highest BCUT2D eigenvalue weighted by Crippen LogP contribution is 2.38. The Kier molecular flexibility index (Phi) is 25.2. The first-order valence-corrected chi connectivity index (χ1v) is 26.6. The normalized spacial score (nSPS) is 48.8. The standard InChI is InChI=1S/C48H86O31/c1-15-20(6)69-26(11-53)39(31(15)59)76-45-18(4)32(60)40(27(12-54)74-45)77-46(19(5)55)75-28(14-68-48-42(38(66)36(64)25(10-52)73-48)79-44-17(3)30(58)34(62)23(8-50)71-44)21(56)13-67-47-41(37(65)35(63)24(9-51)72-47)78-43-16(2)29(57)33(61)22(7-49)70-43/h15-66H,7-14H2,1-6H3/t15-,16+,17?,18+,19-,20+,21+,22?,23+,24-,25?,26?,27?,28?,29?,30?,31?,32?,33-,34-,35-,36-,37?,38?,39-,40-,41?,42-,43+,44+,45+,46+,47+,48+/m1/s1. The van der Waals surface area contributed by atoms with Gasteiger partial charge in [-0.3, -0.25) is 0 Å². The minimum atomic E-state index is -2.01. The summed E-state index contributed by atoms with van der Waals surface area (Å²) >= 11 is 0. The Bertz CT molecular complexity index is 1770. The van der Waals surface area contributed by atoms with E-state index in [1.807, 2.05) is 0 Å². The van der Waals surface area contributed by atoms with Crippen LogP contribution >= 0.6 is 0 Å². The van der Waals surface area contributed by atoms with Crippen LogP contribution in [0.4, 0.5) is 0 Å². The molecule has 31 heteroatoms. The van der Waals surface area contributed by atoms with Gasteiger partial charge in [-0.15, -0.1) is 0 Å². The summed E-state index contributed by atoms with van der Waals surface area (Å²) in [6.07, 6.45) is -46.9. The van der Waals surface area contributed by atoms with Gasteiger partial charge in [-0.05, 0) is 13.8 Å². The van der Waals surface area contributed by atoms with Crippen molar-refractivity contribution in [2.24, 2.45) is 23.7 Å². The van der Waals surface area contributed by atoms with Crippen LogP contribution in [0.1, 0.15) is 41.5 Å². The Balaban J connectivity index is 1.27. The van der Waals surface area contributed by atoms with Gasteiger partial charge < -0.3 is 153 Å². The van der Waals surface area contributed by atoms with Crippen molar-refractivity contribution < 1.29 is 153 Å². The van der Waals surface area contributed by atoms with Crippen LogP contribution < -0.4 is 0 Å². The predicted molar refractivity (Wildman–Crippen MR) is 255 cm³/mol. The van der Waals surface area contributed by atoms with Gasteiger partial charge in [0.15, 0.2) is 37.7 Å². The quantitative estimate of drug-likeness (QED) is 0.0399. The van der Waals surface area contributed by atoms with Gasteiger partial charge in [0.2, 0.25) is 0 Å². The zero-order valence-electron chi connectivity index (χ0n) is 44.6. The molecule has 79 heavy (non-hydrogen) atoms. The molecule has 0 aliphatic carbocycles. The fraction of sp³-hybridized carbons (Fsp3) is 1.00. The van der Waals surface area contributed by atoms with Gasteiger partial charge >= 0.3 is 0 Å². The van der Waals surface area contributed by atoms with Crippen LogP contribution in [0.15, 0.2) is 0 Å². The zero-order chi connectivity index (χ0) is 58.5. The largest absolute Gasteiger partial charge is 0.394 e. The second-order valence-corrected chi connectivity index (χ2v) is 21.5. The van der Waals surface area contributed by atoms with E-state index in [0.717, 1.165) is 0 Å². The number of aliphatic hydroxyl groups is 18. The van der Waals surface area contributed by atoms with Crippen molar-refractivity contribution in [2.45, 2.75) is 226 Å². The highest BCUT2D eigenvalue weighted by Gasteiger charge is 2.54. The molecule has 0 aromatic heterocycles. The first-order valence-electron chi connectivity index (χ1n) is 26.6. The molecule has 31 nitrogen and oxygen atoms in total. The van der Waals surface area contributed by atoms with E-state index >= 15 is 0 Å². The fourth-order valence-corrected chi connectivity index (χ4v) is 10.3. The maximum atomic E-state index is 12.1. The minimum Gasteiger partial charge on any atom is -0.394 e. The van der Waals surface area contributed by atoms with Crippen LogP contribution in [0.3, 0.4) is 0 Å². The van der Waals surface area contributed by atoms with Gasteiger partial charge in [-0.2, -0.15) is 0 Å². The molecular formula is C48H86O31. The molecule has 0 amide bonds. The summed E-state index contributed by atoms with van der Waals surface area (Å²) < 4.78 is 77.3. The number of hydrogen-bond acceptors (Lipinski definition) is 31.